The summed E-state index contributed by atoms with van der Waals surface area (Å²) >= 11 is 0. The lowest BCUT2D eigenvalue weighted by Gasteiger charge is -2.34. The van der Waals surface area contributed by atoms with Crippen molar-refractivity contribution in [2.75, 3.05) is 9.80 Å². The summed E-state index contributed by atoms with van der Waals surface area (Å²) in [5.74, 6) is 0. The van der Waals surface area contributed by atoms with Crippen LogP contribution in [0, 0.1) is 20.8 Å². The fourth-order valence-electron chi connectivity index (χ4n) is 8.97. The Morgan fingerprint density at radius 1 is 0.316 bits per heavy atom. The van der Waals surface area contributed by atoms with Crippen LogP contribution in [0.2, 0.25) is 0 Å². The van der Waals surface area contributed by atoms with Crippen LogP contribution in [0.5, 0.6) is 0 Å². The van der Waals surface area contributed by atoms with Gasteiger partial charge in [0.25, 0.3) is 0 Å². The van der Waals surface area contributed by atoms with Crippen LogP contribution in [-0.4, -0.2) is 0 Å². The van der Waals surface area contributed by atoms with Crippen LogP contribution in [-0.2, 0) is 0 Å². The summed E-state index contributed by atoms with van der Waals surface area (Å²) < 4.78 is 0. The molecule has 0 atom stereocenters. The van der Waals surface area contributed by atoms with Gasteiger partial charge < -0.3 is 9.80 Å². The maximum absolute atomic E-state index is 2.48. The number of benzene rings is 10. The number of nitrogens with zero attached hydrogens (tertiary/aromatic N) is 2. The normalized spacial score (nSPS) is 11.4. The van der Waals surface area contributed by atoms with Gasteiger partial charge in [-0.05, 0) is 118 Å². The van der Waals surface area contributed by atoms with Crippen molar-refractivity contribution in [2.24, 2.45) is 0 Å². The monoisotopic (exact) mass is 730 g/mol. The topological polar surface area (TPSA) is 6.48 Å². The van der Waals surface area contributed by atoms with Gasteiger partial charge in [-0.3, -0.25) is 0 Å². The van der Waals surface area contributed by atoms with Gasteiger partial charge >= 0.3 is 0 Å². The molecule has 10 aromatic carbocycles. The van der Waals surface area contributed by atoms with Crippen LogP contribution < -0.4 is 9.80 Å². The molecule has 0 spiro atoms. The van der Waals surface area contributed by atoms with E-state index in [4.69, 9.17) is 0 Å². The highest BCUT2D eigenvalue weighted by molar-refractivity contribution is 6.29. The molecule has 10 aromatic rings. The highest BCUT2D eigenvalue weighted by atomic mass is 15.2. The van der Waals surface area contributed by atoms with E-state index >= 15 is 0 Å². The first-order valence-electron chi connectivity index (χ1n) is 19.8. The molecule has 272 valence electrons. The number of anilines is 6. The van der Waals surface area contributed by atoms with E-state index in [2.05, 4.69) is 231 Å². The van der Waals surface area contributed by atoms with Crippen molar-refractivity contribution in [1.82, 2.24) is 0 Å². The largest absolute Gasteiger partial charge is 0.310 e. The lowest BCUT2D eigenvalue weighted by atomic mass is 9.90. The Morgan fingerprint density at radius 2 is 0.719 bits per heavy atom. The molecule has 0 aliphatic heterocycles. The third-order valence-corrected chi connectivity index (χ3v) is 11.6. The zero-order valence-corrected chi connectivity index (χ0v) is 32.4. The van der Waals surface area contributed by atoms with E-state index in [0.29, 0.717) is 0 Å². The number of para-hydroxylation sites is 2. The molecule has 57 heavy (non-hydrogen) atoms. The van der Waals surface area contributed by atoms with Crippen LogP contribution in [0.4, 0.5) is 34.1 Å². The van der Waals surface area contributed by atoms with E-state index in [1.165, 1.54) is 71.3 Å². The number of hydrogen-bond acceptors (Lipinski definition) is 2. The molecule has 0 saturated heterocycles. The molecule has 0 aliphatic carbocycles. The minimum absolute atomic E-state index is 1.11. The quantitative estimate of drug-likeness (QED) is 0.144. The molecule has 0 saturated carbocycles. The highest BCUT2D eigenvalue weighted by Crippen LogP contribution is 2.51. The summed E-state index contributed by atoms with van der Waals surface area (Å²) in [6.07, 6.45) is 0. The molecule has 0 N–H and O–H groups in total. The molecule has 0 bridgehead atoms. The Hall–Kier alpha value is -7.16. The van der Waals surface area contributed by atoms with Gasteiger partial charge in [0, 0.05) is 38.9 Å². The van der Waals surface area contributed by atoms with E-state index in [9.17, 15) is 0 Å². The third-order valence-electron chi connectivity index (χ3n) is 11.6. The molecule has 0 fully saturated rings. The Balaban J connectivity index is 1.34. The molecular weight excluding hydrogens is 689 g/mol. The lowest BCUT2D eigenvalue weighted by molar-refractivity contribution is 1.24. The second-order valence-corrected chi connectivity index (χ2v) is 15.1. The Bertz CT molecular complexity index is 2830. The Kier molecular flexibility index (Phi) is 8.53. The fraction of sp³-hybridized carbons (Fsp3) is 0.0545. The summed E-state index contributed by atoms with van der Waals surface area (Å²) in [6.45, 7) is 6.73. The predicted molar refractivity (Wildman–Crippen MR) is 245 cm³/mol. The molecule has 0 aliphatic rings. The number of aryl methyl sites for hydroxylation is 1. The first-order chi connectivity index (χ1) is 28.0. The summed E-state index contributed by atoms with van der Waals surface area (Å²) in [6, 6.07) is 73.1. The van der Waals surface area contributed by atoms with Crippen molar-refractivity contribution in [3.8, 4) is 22.3 Å². The SMILES string of the molecule is Cc1cc2ccc3c(N(c4ccccc4)c4cccc(-c5ccccc5)c4C)cc(N(c4ccccc4)c4cccc(-c5ccccc5)c4C)c4ccc(c1)c2c34. The zero-order chi connectivity index (χ0) is 38.5. The summed E-state index contributed by atoms with van der Waals surface area (Å²) in [5, 5.41) is 7.51. The van der Waals surface area contributed by atoms with Crippen molar-refractivity contribution >= 4 is 66.4 Å². The van der Waals surface area contributed by atoms with E-state index < -0.39 is 0 Å². The van der Waals surface area contributed by atoms with Crippen LogP contribution in [0.3, 0.4) is 0 Å². The van der Waals surface area contributed by atoms with Crippen LogP contribution in [0.15, 0.2) is 200 Å². The predicted octanol–water partition coefficient (Wildman–Crippen LogP) is 15.8. The van der Waals surface area contributed by atoms with Gasteiger partial charge in [0.05, 0.1) is 11.4 Å². The third kappa shape index (κ3) is 5.89. The average molecular weight is 731 g/mol. The maximum Gasteiger partial charge on any atom is 0.0561 e. The van der Waals surface area contributed by atoms with Crippen molar-refractivity contribution in [1.29, 1.82) is 0 Å². The van der Waals surface area contributed by atoms with Gasteiger partial charge in [-0.15, -0.1) is 0 Å². The molecule has 2 nitrogen and oxygen atoms in total. The molecule has 0 unspecified atom stereocenters. The highest BCUT2D eigenvalue weighted by Gasteiger charge is 2.26. The van der Waals surface area contributed by atoms with Crippen LogP contribution in [0.25, 0.3) is 54.6 Å². The van der Waals surface area contributed by atoms with Crippen LogP contribution >= 0.6 is 0 Å². The van der Waals surface area contributed by atoms with Gasteiger partial charge in [0.15, 0.2) is 0 Å². The smallest absolute Gasteiger partial charge is 0.0561 e. The molecule has 10 rings (SSSR count). The summed E-state index contributed by atoms with van der Waals surface area (Å²) in [7, 11) is 0. The number of hydrogen-bond donors (Lipinski definition) is 0. The maximum atomic E-state index is 2.48. The summed E-state index contributed by atoms with van der Waals surface area (Å²) in [5.41, 5.74) is 15.3. The van der Waals surface area contributed by atoms with Gasteiger partial charge in [-0.1, -0.05) is 158 Å². The number of rotatable bonds is 8. The molecular formula is C55H42N2. The van der Waals surface area contributed by atoms with Gasteiger partial charge in [0.2, 0.25) is 0 Å². The first-order valence-corrected chi connectivity index (χ1v) is 19.8. The van der Waals surface area contributed by atoms with Gasteiger partial charge in [-0.2, -0.15) is 0 Å². The molecule has 0 aromatic heterocycles. The van der Waals surface area contributed by atoms with Gasteiger partial charge in [0.1, 0.15) is 0 Å². The molecule has 0 heterocycles. The standard InChI is InChI=1S/C55H42N2/c1-37-34-42-30-32-48-52(56(44-22-12-6-13-23-44)50-28-16-26-46(38(50)2)40-18-8-4-9-19-40)36-53(49-33-31-43(35-37)54(42)55(48)49)57(45-24-14-7-15-25-45)51-29-17-27-47(39(51)3)41-20-10-5-11-21-41/h4-36H,1-3H3. The minimum atomic E-state index is 1.11. The fourth-order valence-corrected chi connectivity index (χ4v) is 8.97. The van der Waals surface area contributed by atoms with E-state index in [-0.39, 0.29) is 0 Å². The van der Waals surface area contributed by atoms with E-state index in [1.807, 2.05) is 0 Å². The Morgan fingerprint density at radius 3 is 1.14 bits per heavy atom. The molecule has 2 heteroatoms. The zero-order valence-electron chi connectivity index (χ0n) is 32.4. The summed E-state index contributed by atoms with van der Waals surface area (Å²) in [4.78, 5) is 4.97. The second-order valence-electron chi connectivity index (χ2n) is 15.1. The van der Waals surface area contributed by atoms with Crippen molar-refractivity contribution in [2.45, 2.75) is 20.8 Å². The lowest BCUT2D eigenvalue weighted by Crippen LogP contribution is -2.16. The van der Waals surface area contributed by atoms with E-state index in [0.717, 1.165) is 34.1 Å². The van der Waals surface area contributed by atoms with Crippen LogP contribution in [0.1, 0.15) is 16.7 Å². The average Bonchev–Trinajstić information content (AvgIpc) is 3.26. The van der Waals surface area contributed by atoms with Crippen molar-refractivity contribution in [3.05, 3.63) is 217 Å². The van der Waals surface area contributed by atoms with E-state index in [1.54, 1.807) is 0 Å². The van der Waals surface area contributed by atoms with Crippen molar-refractivity contribution in [3.63, 3.8) is 0 Å². The van der Waals surface area contributed by atoms with Crippen molar-refractivity contribution < 1.29 is 0 Å². The first kappa shape index (κ1) is 34.3. The molecule has 0 radical (unpaired) electrons. The minimum Gasteiger partial charge on any atom is -0.310 e. The Labute approximate surface area is 334 Å². The second kappa shape index (κ2) is 14.2. The molecule has 0 amide bonds. The van der Waals surface area contributed by atoms with Gasteiger partial charge in [-0.25, -0.2) is 0 Å².